The molecule has 0 heteroatoms. The molecule has 0 atom stereocenters. The van der Waals surface area contributed by atoms with Gasteiger partial charge in [0.15, 0.2) is 0 Å². The fourth-order valence-corrected chi connectivity index (χ4v) is 4.26. The Morgan fingerprint density at radius 2 is 1.00 bits per heavy atom. The van der Waals surface area contributed by atoms with Crippen molar-refractivity contribution >= 4 is 0 Å². The minimum atomic E-state index is 0.169. The van der Waals surface area contributed by atoms with Crippen molar-refractivity contribution in [2.45, 2.75) is 97.8 Å². The van der Waals surface area contributed by atoms with Crippen LogP contribution in [0.4, 0.5) is 0 Å². The van der Waals surface area contributed by atoms with Gasteiger partial charge in [0, 0.05) is 0 Å². The van der Waals surface area contributed by atoms with E-state index in [4.69, 9.17) is 0 Å². The molecule has 2 aromatic carbocycles. The lowest BCUT2D eigenvalue weighted by atomic mass is 9.72. The van der Waals surface area contributed by atoms with Crippen LogP contribution in [-0.4, -0.2) is 0 Å². The van der Waals surface area contributed by atoms with Crippen LogP contribution < -0.4 is 0 Å². The van der Waals surface area contributed by atoms with Crippen molar-refractivity contribution in [2.75, 3.05) is 0 Å². The molecule has 0 unspecified atom stereocenters. The standard InChI is InChI=1S/C27H40/c1-25(2,3)22-18-11-10-14-20(22)15-12-16-21-17-13-19-23(26(4,5)6)24(21)27(7,8)9/h10-11,13-14,17-19H,12,15-16H2,1-9H3. The highest BCUT2D eigenvalue weighted by molar-refractivity contribution is 5.44. The maximum atomic E-state index is 2.36. The van der Waals surface area contributed by atoms with Gasteiger partial charge in [0.2, 0.25) is 0 Å². The van der Waals surface area contributed by atoms with E-state index in [0.29, 0.717) is 0 Å². The van der Waals surface area contributed by atoms with Crippen molar-refractivity contribution in [3.8, 4) is 0 Å². The third kappa shape index (κ3) is 5.47. The van der Waals surface area contributed by atoms with E-state index in [1.807, 2.05) is 0 Å². The first kappa shape index (κ1) is 21.7. The van der Waals surface area contributed by atoms with E-state index in [9.17, 15) is 0 Å². The molecule has 27 heavy (non-hydrogen) atoms. The molecule has 2 rings (SSSR count). The molecule has 0 bridgehead atoms. The Morgan fingerprint density at radius 3 is 1.56 bits per heavy atom. The van der Waals surface area contributed by atoms with E-state index < -0.39 is 0 Å². The maximum absolute atomic E-state index is 2.36. The van der Waals surface area contributed by atoms with Crippen molar-refractivity contribution in [3.63, 3.8) is 0 Å². The molecular formula is C27H40. The van der Waals surface area contributed by atoms with Crippen molar-refractivity contribution in [2.24, 2.45) is 0 Å². The Morgan fingerprint density at radius 1 is 0.519 bits per heavy atom. The molecule has 0 heterocycles. The summed E-state index contributed by atoms with van der Waals surface area (Å²) in [4.78, 5) is 0. The lowest BCUT2D eigenvalue weighted by molar-refractivity contribution is 0.523. The number of benzene rings is 2. The van der Waals surface area contributed by atoms with Crippen LogP contribution in [0.2, 0.25) is 0 Å². The summed E-state index contributed by atoms with van der Waals surface area (Å²) >= 11 is 0. The van der Waals surface area contributed by atoms with Crippen LogP contribution in [0.5, 0.6) is 0 Å². The van der Waals surface area contributed by atoms with Crippen LogP contribution >= 0.6 is 0 Å². The Bertz CT molecular complexity index is 758. The molecule has 0 aliphatic rings. The molecule has 0 radical (unpaired) electrons. The van der Waals surface area contributed by atoms with Gasteiger partial charge in [-0.25, -0.2) is 0 Å². The molecule has 0 nitrogen and oxygen atoms in total. The van der Waals surface area contributed by atoms with Gasteiger partial charge in [0.1, 0.15) is 0 Å². The van der Waals surface area contributed by atoms with Crippen molar-refractivity contribution in [1.82, 2.24) is 0 Å². The molecular weight excluding hydrogens is 324 g/mol. The van der Waals surface area contributed by atoms with Crippen LogP contribution in [-0.2, 0) is 29.1 Å². The van der Waals surface area contributed by atoms with Crippen molar-refractivity contribution in [1.29, 1.82) is 0 Å². The monoisotopic (exact) mass is 364 g/mol. The molecule has 0 amide bonds. The Balaban J connectivity index is 2.28. The van der Waals surface area contributed by atoms with Gasteiger partial charge in [-0.2, -0.15) is 0 Å². The minimum absolute atomic E-state index is 0.169. The molecule has 0 spiro atoms. The highest BCUT2D eigenvalue weighted by Gasteiger charge is 2.27. The van der Waals surface area contributed by atoms with Gasteiger partial charge in [-0.15, -0.1) is 0 Å². The number of hydrogen-bond donors (Lipinski definition) is 0. The van der Waals surface area contributed by atoms with Crippen LogP contribution in [0.3, 0.4) is 0 Å². The third-order valence-electron chi connectivity index (χ3n) is 5.43. The summed E-state index contributed by atoms with van der Waals surface area (Å²) in [5, 5.41) is 0. The lowest BCUT2D eigenvalue weighted by Gasteiger charge is -2.32. The molecule has 0 N–H and O–H groups in total. The van der Waals surface area contributed by atoms with Gasteiger partial charge in [0.05, 0.1) is 0 Å². The first-order chi connectivity index (χ1) is 12.3. The average Bonchev–Trinajstić information content (AvgIpc) is 2.52. The Labute approximate surface area is 168 Å². The fraction of sp³-hybridized carbons (Fsp3) is 0.556. The highest BCUT2D eigenvalue weighted by Crippen LogP contribution is 2.37. The average molecular weight is 365 g/mol. The SMILES string of the molecule is CC(C)(C)c1ccccc1CCCc1cccc(C(C)(C)C)c1C(C)(C)C. The van der Waals surface area contributed by atoms with Crippen LogP contribution in [0, 0.1) is 0 Å². The summed E-state index contributed by atoms with van der Waals surface area (Å²) in [6.45, 7) is 21.0. The van der Waals surface area contributed by atoms with E-state index >= 15 is 0 Å². The molecule has 148 valence electrons. The van der Waals surface area contributed by atoms with E-state index in [1.54, 1.807) is 5.56 Å². The molecule has 0 aromatic heterocycles. The second kappa shape index (κ2) is 7.82. The summed E-state index contributed by atoms with van der Waals surface area (Å²) in [5.74, 6) is 0. The lowest BCUT2D eigenvalue weighted by Crippen LogP contribution is -2.24. The summed E-state index contributed by atoms with van der Waals surface area (Å²) in [6, 6.07) is 15.9. The zero-order valence-electron chi connectivity index (χ0n) is 19.2. The second-order valence-electron chi connectivity index (χ2n) is 11.1. The van der Waals surface area contributed by atoms with Crippen molar-refractivity contribution in [3.05, 3.63) is 70.3 Å². The molecule has 0 aliphatic heterocycles. The Hall–Kier alpha value is -1.56. The first-order valence-corrected chi connectivity index (χ1v) is 10.5. The van der Waals surface area contributed by atoms with Crippen LogP contribution in [0.15, 0.2) is 42.5 Å². The van der Waals surface area contributed by atoms with E-state index in [2.05, 4.69) is 105 Å². The molecule has 0 fully saturated rings. The summed E-state index contributed by atoms with van der Waals surface area (Å²) in [7, 11) is 0. The van der Waals surface area contributed by atoms with Gasteiger partial charge >= 0.3 is 0 Å². The smallest absolute Gasteiger partial charge is 0.0126 e. The third-order valence-corrected chi connectivity index (χ3v) is 5.43. The fourth-order valence-electron chi connectivity index (χ4n) is 4.26. The minimum Gasteiger partial charge on any atom is -0.0620 e. The van der Waals surface area contributed by atoms with Gasteiger partial charge in [0.25, 0.3) is 0 Å². The van der Waals surface area contributed by atoms with Gasteiger partial charge in [-0.05, 0) is 63.3 Å². The topological polar surface area (TPSA) is 0 Å². The largest absolute Gasteiger partial charge is 0.0620 e. The van der Waals surface area contributed by atoms with Gasteiger partial charge in [-0.1, -0.05) is 105 Å². The molecule has 0 saturated carbocycles. The van der Waals surface area contributed by atoms with Gasteiger partial charge in [-0.3, -0.25) is 0 Å². The highest BCUT2D eigenvalue weighted by atomic mass is 14.3. The molecule has 0 saturated heterocycles. The van der Waals surface area contributed by atoms with E-state index in [1.165, 1.54) is 28.7 Å². The number of aryl methyl sites for hydroxylation is 2. The van der Waals surface area contributed by atoms with Crippen LogP contribution in [0.25, 0.3) is 0 Å². The second-order valence-corrected chi connectivity index (χ2v) is 11.1. The zero-order chi connectivity index (χ0) is 20.5. The summed E-state index contributed by atoms with van der Waals surface area (Å²) in [5.41, 5.74) is 8.14. The molecule has 2 aromatic rings. The van der Waals surface area contributed by atoms with E-state index in [-0.39, 0.29) is 16.2 Å². The Kier molecular flexibility index (Phi) is 6.30. The summed E-state index contributed by atoms with van der Waals surface area (Å²) < 4.78 is 0. The quantitative estimate of drug-likeness (QED) is 0.520. The van der Waals surface area contributed by atoms with E-state index in [0.717, 1.165) is 12.8 Å². The maximum Gasteiger partial charge on any atom is -0.0126 e. The van der Waals surface area contributed by atoms with Crippen molar-refractivity contribution < 1.29 is 0 Å². The molecule has 0 aliphatic carbocycles. The predicted molar refractivity (Wildman–Crippen MR) is 121 cm³/mol. The first-order valence-electron chi connectivity index (χ1n) is 10.5. The normalized spacial score (nSPS) is 13.1. The van der Waals surface area contributed by atoms with Crippen LogP contribution in [0.1, 0.15) is 96.6 Å². The number of hydrogen-bond acceptors (Lipinski definition) is 0. The number of rotatable bonds is 4. The zero-order valence-corrected chi connectivity index (χ0v) is 19.2. The summed E-state index contributed by atoms with van der Waals surface area (Å²) in [6.07, 6.45) is 3.50. The predicted octanol–water partition coefficient (Wildman–Crippen LogP) is 7.75. The van der Waals surface area contributed by atoms with Gasteiger partial charge < -0.3 is 0 Å².